The van der Waals surface area contributed by atoms with Crippen molar-refractivity contribution in [1.82, 2.24) is 10.2 Å². The Hall–Kier alpha value is -2.08. The fraction of sp³-hybridized carbons (Fsp3) is 0.375. The third-order valence-electron chi connectivity index (χ3n) is 3.91. The van der Waals surface area contributed by atoms with Gasteiger partial charge >= 0.3 is 0 Å². The number of thiophene rings is 1. The van der Waals surface area contributed by atoms with Crippen molar-refractivity contribution in [2.45, 2.75) is 31.8 Å². The summed E-state index contributed by atoms with van der Waals surface area (Å²) >= 11 is 1.67. The van der Waals surface area contributed by atoms with Crippen LogP contribution < -0.4 is 5.32 Å². The second-order valence-electron chi connectivity index (χ2n) is 5.41. The van der Waals surface area contributed by atoms with E-state index in [0.717, 1.165) is 19.4 Å². The molecule has 1 aliphatic heterocycles. The van der Waals surface area contributed by atoms with Gasteiger partial charge in [0.15, 0.2) is 0 Å². The van der Waals surface area contributed by atoms with Crippen molar-refractivity contribution in [2.75, 3.05) is 6.54 Å². The fourth-order valence-corrected chi connectivity index (χ4v) is 3.66. The molecule has 5 nitrogen and oxygen atoms in total. The molecule has 2 aromatic rings. The normalized spacial score (nSPS) is 19.1. The Balaban J connectivity index is 1.66. The summed E-state index contributed by atoms with van der Waals surface area (Å²) in [5.74, 6) is -0.325. The van der Waals surface area contributed by atoms with Crippen LogP contribution in [0.15, 0.2) is 40.5 Å². The summed E-state index contributed by atoms with van der Waals surface area (Å²) in [5, 5.41) is 4.77. The number of nitrogens with zero attached hydrogens (tertiary/aromatic N) is 1. The molecule has 0 spiro atoms. The third kappa shape index (κ3) is 2.92. The van der Waals surface area contributed by atoms with Gasteiger partial charge < -0.3 is 14.6 Å². The highest BCUT2D eigenvalue weighted by Crippen LogP contribution is 2.34. The lowest BCUT2D eigenvalue weighted by molar-refractivity contribution is -0.133. The van der Waals surface area contributed by atoms with Gasteiger partial charge in [-0.05, 0) is 37.3 Å². The number of hydrogen-bond acceptors (Lipinski definition) is 4. The first-order chi connectivity index (χ1) is 10.7. The predicted octanol–water partition coefficient (Wildman–Crippen LogP) is 2.82. The Kier molecular flexibility index (Phi) is 4.29. The topological polar surface area (TPSA) is 62.6 Å². The zero-order valence-electron chi connectivity index (χ0n) is 12.3. The first-order valence-electron chi connectivity index (χ1n) is 7.34. The van der Waals surface area contributed by atoms with Crippen LogP contribution in [0.2, 0.25) is 0 Å². The molecule has 0 bridgehead atoms. The Labute approximate surface area is 132 Å². The zero-order chi connectivity index (χ0) is 15.5. The molecule has 6 heteroatoms. The Morgan fingerprint density at radius 3 is 3.00 bits per heavy atom. The summed E-state index contributed by atoms with van der Waals surface area (Å²) in [5.41, 5.74) is 0.427. The van der Waals surface area contributed by atoms with E-state index in [1.807, 2.05) is 16.3 Å². The standard InChI is InChI=1S/C16H18N2O3S/c1-11(17-15(19)12-6-8-21-10-12)16(20)18-7-2-4-13(18)14-5-3-9-22-14/h3,5-6,8-11,13H,2,4,7H2,1H3,(H,17,19)/t11-,13+/m0/s1. The van der Waals surface area contributed by atoms with Crippen molar-refractivity contribution < 1.29 is 14.0 Å². The second-order valence-corrected chi connectivity index (χ2v) is 6.39. The van der Waals surface area contributed by atoms with E-state index in [0.29, 0.717) is 5.56 Å². The molecule has 22 heavy (non-hydrogen) atoms. The number of likely N-dealkylation sites (tertiary alicyclic amines) is 1. The van der Waals surface area contributed by atoms with E-state index in [1.54, 1.807) is 24.3 Å². The monoisotopic (exact) mass is 318 g/mol. The quantitative estimate of drug-likeness (QED) is 0.943. The maximum atomic E-state index is 12.6. The summed E-state index contributed by atoms with van der Waals surface area (Å²) < 4.78 is 4.89. The van der Waals surface area contributed by atoms with Crippen molar-refractivity contribution in [1.29, 1.82) is 0 Å². The molecule has 1 aliphatic rings. The van der Waals surface area contributed by atoms with Gasteiger partial charge in [0.05, 0.1) is 17.9 Å². The van der Waals surface area contributed by atoms with Gasteiger partial charge in [-0.2, -0.15) is 0 Å². The summed E-state index contributed by atoms with van der Waals surface area (Å²) in [4.78, 5) is 27.7. The fourth-order valence-electron chi connectivity index (χ4n) is 2.79. The predicted molar refractivity (Wildman–Crippen MR) is 83.6 cm³/mol. The minimum absolute atomic E-state index is 0.0345. The number of rotatable bonds is 4. The van der Waals surface area contributed by atoms with Gasteiger partial charge in [-0.3, -0.25) is 9.59 Å². The Bertz CT molecular complexity index is 636. The van der Waals surface area contributed by atoms with E-state index in [1.165, 1.54) is 17.4 Å². The molecule has 1 saturated heterocycles. The van der Waals surface area contributed by atoms with E-state index in [4.69, 9.17) is 4.42 Å². The molecular weight excluding hydrogens is 300 g/mol. The highest BCUT2D eigenvalue weighted by molar-refractivity contribution is 7.10. The molecule has 0 unspecified atom stereocenters. The van der Waals surface area contributed by atoms with E-state index in [2.05, 4.69) is 11.4 Å². The lowest BCUT2D eigenvalue weighted by atomic mass is 10.1. The smallest absolute Gasteiger partial charge is 0.255 e. The molecule has 1 N–H and O–H groups in total. The van der Waals surface area contributed by atoms with Gasteiger partial charge in [0.1, 0.15) is 12.3 Å². The van der Waals surface area contributed by atoms with E-state index in [-0.39, 0.29) is 17.9 Å². The average Bonchev–Trinajstić information content (AvgIpc) is 3.26. The van der Waals surface area contributed by atoms with Crippen LogP contribution >= 0.6 is 11.3 Å². The first kappa shape index (κ1) is 14.8. The molecule has 1 fully saturated rings. The highest BCUT2D eigenvalue weighted by Gasteiger charge is 2.33. The Morgan fingerprint density at radius 1 is 1.45 bits per heavy atom. The number of carbonyl (C=O) groups is 2. The van der Waals surface area contributed by atoms with Crippen LogP contribution in [0, 0.1) is 0 Å². The molecule has 2 atom stereocenters. The molecule has 116 valence electrons. The van der Waals surface area contributed by atoms with Crippen molar-refractivity contribution in [3.63, 3.8) is 0 Å². The van der Waals surface area contributed by atoms with E-state index >= 15 is 0 Å². The Morgan fingerprint density at radius 2 is 2.32 bits per heavy atom. The average molecular weight is 318 g/mol. The molecule has 3 heterocycles. The molecule has 0 aromatic carbocycles. The number of amides is 2. The summed E-state index contributed by atoms with van der Waals surface area (Å²) in [6, 6.07) is 5.24. The van der Waals surface area contributed by atoms with Crippen molar-refractivity contribution >= 4 is 23.2 Å². The van der Waals surface area contributed by atoms with Crippen LogP contribution in [0.5, 0.6) is 0 Å². The molecule has 0 aliphatic carbocycles. The van der Waals surface area contributed by atoms with Crippen molar-refractivity contribution in [3.8, 4) is 0 Å². The molecule has 0 saturated carbocycles. The van der Waals surface area contributed by atoms with Gasteiger partial charge in [-0.25, -0.2) is 0 Å². The van der Waals surface area contributed by atoms with Crippen molar-refractivity contribution in [2.24, 2.45) is 0 Å². The molecular formula is C16H18N2O3S. The van der Waals surface area contributed by atoms with Crippen LogP contribution in [0.1, 0.15) is 41.0 Å². The lowest BCUT2D eigenvalue weighted by Gasteiger charge is -2.27. The van der Waals surface area contributed by atoms with Gasteiger partial charge in [-0.15, -0.1) is 11.3 Å². The number of nitrogens with one attached hydrogen (secondary N) is 1. The third-order valence-corrected chi connectivity index (χ3v) is 4.88. The summed E-state index contributed by atoms with van der Waals surface area (Å²) in [7, 11) is 0. The van der Waals surface area contributed by atoms with Gasteiger partial charge in [-0.1, -0.05) is 6.07 Å². The zero-order valence-corrected chi connectivity index (χ0v) is 13.1. The number of carbonyl (C=O) groups excluding carboxylic acids is 2. The largest absolute Gasteiger partial charge is 0.472 e. The highest BCUT2D eigenvalue weighted by atomic mass is 32.1. The van der Waals surface area contributed by atoms with E-state index in [9.17, 15) is 9.59 Å². The van der Waals surface area contributed by atoms with Crippen LogP contribution in [-0.2, 0) is 4.79 Å². The number of hydrogen-bond donors (Lipinski definition) is 1. The molecule has 2 aromatic heterocycles. The molecule has 3 rings (SSSR count). The second kappa shape index (κ2) is 6.36. The van der Waals surface area contributed by atoms with Crippen LogP contribution in [0.25, 0.3) is 0 Å². The number of furan rings is 1. The van der Waals surface area contributed by atoms with Crippen LogP contribution in [0.4, 0.5) is 0 Å². The first-order valence-corrected chi connectivity index (χ1v) is 8.21. The minimum Gasteiger partial charge on any atom is -0.472 e. The molecule has 0 radical (unpaired) electrons. The maximum absolute atomic E-state index is 12.6. The van der Waals surface area contributed by atoms with Gasteiger partial charge in [0, 0.05) is 11.4 Å². The van der Waals surface area contributed by atoms with Crippen molar-refractivity contribution in [3.05, 3.63) is 46.5 Å². The van der Waals surface area contributed by atoms with Crippen LogP contribution in [0.3, 0.4) is 0 Å². The SMILES string of the molecule is C[C@H](NC(=O)c1ccoc1)C(=O)N1CCC[C@@H]1c1cccs1. The van der Waals surface area contributed by atoms with Crippen LogP contribution in [-0.4, -0.2) is 29.3 Å². The summed E-state index contributed by atoms with van der Waals surface area (Å²) in [6.45, 7) is 2.47. The maximum Gasteiger partial charge on any atom is 0.255 e. The van der Waals surface area contributed by atoms with Gasteiger partial charge in [0.25, 0.3) is 5.91 Å². The van der Waals surface area contributed by atoms with E-state index < -0.39 is 6.04 Å². The minimum atomic E-state index is -0.553. The van der Waals surface area contributed by atoms with Gasteiger partial charge in [0.2, 0.25) is 5.91 Å². The molecule has 2 amide bonds. The lowest BCUT2D eigenvalue weighted by Crippen LogP contribution is -2.46. The summed E-state index contributed by atoms with van der Waals surface area (Å²) in [6.07, 6.45) is 4.79.